The Morgan fingerprint density at radius 1 is 1.07 bits per heavy atom. The molecule has 27 heavy (non-hydrogen) atoms. The van der Waals surface area contributed by atoms with E-state index in [-0.39, 0.29) is 23.2 Å². The van der Waals surface area contributed by atoms with Crippen molar-refractivity contribution in [2.24, 2.45) is 5.73 Å². The lowest BCUT2D eigenvalue weighted by atomic mass is 9.98. The van der Waals surface area contributed by atoms with Crippen LogP contribution in [0.5, 0.6) is 0 Å². The minimum atomic E-state index is -3.73. The molecule has 0 radical (unpaired) electrons. The van der Waals surface area contributed by atoms with Crippen LogP contribution in [0.4, 0.5) is 11.4 Å². The average molecular weight is 410 g/mol. The van der Waals surface area contributed by atoms with Gasteiger partial charge >= 0.3 is 0 Å². The molecular formula is C19H24ClN3O3S. The largest absolute Gasteiger partial charge is 0.324 e. The van der Waals surface area contributed by atoms with Crippen molar-refractivity contribution in [1.82, 2.24) is 0 Å². The number of nitrogens with zero attached hydrogens (tertiary/aromatic N) is 1. The van der Waals surface area contributed by atoms with Crippen LogP contribution in [0.15, 0.2) is 59.5 Å². The summed E-state index contributed by atoms with van der Waals surface area (Å²) in [5, 5.41) is 2.77. The van der Waals surface area contributed by atoms with Crippen LogP contribution >= 0.6 is 12.4 Å². The molecule has 3 N–H and O–H groups in total. The summed E-state index contributed by atoms with van der Waals surface area (Å²) in [6, 6.07) is 15.1. The first-order chi connectivity index (χ1) is 12.3. The number of rotatable bonds is 5. The van der Waals surface area contributed by atoms with E-state index in [1.165, 1.54) is 23.5 Å². The van der Waals surface area contributed by atoms with E-state index >= 15 is 0 Å². The number of hydrogen-bond donors (Lipinski definition) is 2. The van der Waals surface area contributed by atoms with Crippen molar-refractivity contribution in [3.8, 4) is 0 Å². The van der Waals surface area contributed by atoms with Crippen LogP contribution in [0.3, 0.4) is 0 Å². The molecule has 146 valence electrons. The van der Waals surface area contributed by atoms with Gasteiger partial charge in [0.1, 0.15) is 0 Å². The Morgan fingerprint density at radius 2 is 1.70 bits per heavy atom. The molecule has 1 fully saturated rings. The molecule has 1 aliphatic rings. The predicted molar refractivity (Wildman–Crippen MR) is 110 cm³/mol. The summed E-state index contributed by atoms with van der Waals surface area (Å²) in [4.78, 5) is 12.6. The number of amides is 1. The zero-order valence-corrected chi connectivity index (χ0v) is 16.7. The first-order valence-corrected chi connectivity index (χ1v) is 10.0. The van der Waals surface area contributed by atoms with E-state index in [2.05, 4.69) is 5.32 Å². The predicted octanol–water partition coefficient (Wildman–Crippen LogP) is 3.14. The third-order valence-electron chi connectivity index (χ3n) is 4.82. The second-order valence-electron chi connectivity index (χ2n) is 6.65. The Hall–Kier alpha value is -2.09. The summed E-state index contributed by atoms with van der Waals surface area (Å²) in [6.45, 7) is 0. The molecule has 2 aromatic rings. The maximum atomic E-state index is 12.9. The summed E-state index contributed by atoms with van der Waals surface area (Å²) in [5.41, 5.74) is 6.28. The van der Waals surface area contributed by atoms with Gasteiger partial charge in [-0.3, -0.25) is 9.10 Å². The standard InChI is InChI=1S/C19H23N3O3S.ClH/c1-22(16-9-3-2-4-10-16)26(24,25)17-11-7-8-15(14-17)21-18(23)19(20)12-5-6-13-19;/h2-4,7-11,14H,5-6,12-13,20H2,1H3,(H,21,23);1H. The van der Waals surface area contributed by atoms with E-state index in [1.54, 1.807) is 36.4 Å². The third-order valence-corrected chi connectivity index (χ3v) is 6.60. The van der Waals surface area contributed by atoms with Crippen LogP contribution in [-0.4, -0.2) is 26.9 Å². The quantitative estimate of drug-likeness (QED) is 0.793. The molecule has 0 heterocycles. The van der Waals surface area contributed by atoms with E-state index in [9.17, 15) is 13.2 Å². The van der Waals surface area contributed by atoms with E-state index < -0.39 is 15.6 Å². The van der Waals surface area contributed by atoms with Gasteiger partial charge < -0.3 is 11.1 Å². The number of nitrogens with two attached hydrogens (primary N) is 1. The van der Waals surface area contributed by atoms with Gasteiger partial charge in [-0.25, -0.2) is 8.42 Å². The number of nitrogens with one attached hydrogen (secondary N) is 1. The zero-order chi connectivity index (χ0) is 18.8. The van der Waals surface area contributed by atoms with Crippen LogP contribution in [0, 0.1) is 0 Å². The third kappa shape index (κ3) is 4.43. The first-order valence-electron chi connectivity index (χ1n) is 8.57. The molecule has 3 rings (SSSR count). The summed E-state index contributed by atoms with van der Waals surface area (Å²) in [6.07, 6.45) is 3.15. The number of sulfonamides is 1. The van der Waals surface area contributed by atoms with Gasteiger partial charge in [-0.2, -0.15) is 0 Å². The van der Waals surface area contributed by atoms with Crippen molar-refractivity contribution < 1.29 is 13.2 Å². The van der Waals surface area contributed by atoms with Crippen LogP contribution in [0.1, 0.15) is 25.7 Å². The smallest absolute Gasteiger partial charge is 0.264 e. The maximum absolute atomic E-state index is 12.9. The Labute approximate surface area is 166 Å². The highest BCUT2D eigenvalue weighted by Gasteiger charge is 2.37. The highest BCUT2D eigenvalue weighted by Crippen LogP contribution is 2.29. The number of halogens is 1. The fraction of sp³-hybridized carbons (Fsp3) is 0.316. The highest BCUT2D eigenvalue weighted by molar-refractivity contribution is 7.92. The second-order valence-corrected chi connectivity index (χ2v) is 8.62. The van der Waals surface area contributed by atoms with Crippen molar-refractivity contribution in [3.05, 3.63) is 54.6 Å². The Bertz CT molecular complexity index is 897. The van der Waals surface area contributed by atoms with Crippen molar-refractivity contribution in [3.63, 3.8) is 0 Å². The van der Waals surface area contributed by atoms with Crippen molar-refractivity contribution in [1.29, 1.82) is 0 Å². The summed E-state index contributed by atoms with van der Waals surface area (Å²) >= 11 is 0. The van der Waals surface area contributed by atoms with Gasteiger partial charge in [0, 0.05) is 12.7 Å². The van der Waals surface area contributed by atoms with Crippen LogP contribution in [0.25, 0.3) is 0 Å². The lowest BCUT2D eigenvalue weighted by molar-refractivity contribution is -0.121. The molecule has 0 aromatic heterocycles. The molecule has 0 saturated heterocycles. The van der Waals surface area contributed by atoms with Gasteiger partial charge in [0.2, 0.25) is 5.91 Å². The summed E-state index contributed by atoms with van der Waals surface area (Å²) in [5.74, 6) is -0.263. The van der Waals surface area contributed by atoms with Gasteiger partial charge in [0.15, 0.2) is 0 Å². The van der Waals surface area contributed by atoms with Gasteiger partial charge in [0.25, 0.3) is 10.0 Å². The molecule has 0 bridgehead atoms. The van der Waals surface area contributed by atoms with E-state index in [0.717, 1.165) is 12.8 Å². The number of benzene rings is 2. The van der Waals surface area contributed by atoms with E-state index in [4.69, 9.17) is 5.73 Å². The number of anilines is 2. The molecule has 1 saturated carbocycles. The van der Waals surface area contributed by atoms with Gasteiger partial charge in [-0.1, -0.05) is 37.1 Å². The number of carbonyl (C=O) groups is 1. The summed E-state index contributed by atoms with van der Waals surface area (Å²) in [7, 11) is -2.23. The van der Waals surface area contributed by atoms with Crippen LogP contribution in [-0.2, 0) is 14.8 Å². The SMILES string of the molecule is CN(c1ccccc1)S(=O)(=O)c1cccc(NC(=O)C2(N)CCCC2)c1.Cl. The monoisotopic (exact) mass is 409 g/mol. The van der Waals surface area contributed by atoms with E-state index in [0.29, 0.717) is 24.2 Å². The van der Waals surface area contributed by atoms with E-state index in [1.807, 2.05) is 6.07 Å². The molecule has 1 amide bonds. The first kappa shape index (κ1) is 21.2. The number of hydrogen-bond acceptors (Lipinski definition) is 4. The number of para-hydroxylation sites is 1. The van der Waals surface area contributed by atoms with Gasteiger partial charge in [0.05, 0.1) is 16.1 Å². The van der Waals surface area contributed by atoms with Gasteiger partial charge in [-0.15, -0.1) is 12.4 Å². The fourth-order valence-electron chi connectivity index (χ4n) is 3.16. The van der Waals surface area contributed by atoms with Crippen LogP contribution in [0.2, 0.25) is 0 Å². The number of carbonyl (C=O) groups excluding carboxylic acids is 1. The molecular weight excluding hydrogens is 386 g/mol. The van der Waals surface area contributed by atoms with Crippen molar-refractivity contribution >= 4 is 39.7 Å². The topological polar surface area (TPSA) is 92.5 Å². The second kappa shape index (κ2) is 8.29. The summed E-state index contributed by atoms with van der Waals surface area (Å²) < 4.78 is 27.0. The Morgan fingerprint density at radius 3 is 2.33 bits per heavy atom. The molecule has 8 heteroatoms. The molecule has 0 atom stereocenters. The average Bonchev–Trinajstić information content (AvgIpc) is 3.10. The lowest BCUT2D eigenvalue weighted by Gasteiger charge is -2.23. The Balaban J connectivity index is 0.00000261. The fourth-order valence-corrected chi connectivity index (χ4v) is 4.40. The molecule has 6 nitrogen and oxygen atoms in total. The zero-order valence-electron chi connectivity index (χ0n) is 15.1. The lowest BCUT2D eigenvalue weighted by Crippen LogP contribution is -2.48. The maximum Gasteiger partial charge on any atom is 0.264 e. The van der Waals surface area contributed by atoms with Crippen LogP contribution < -0.4 is 15.4 Å². The molecule has 2 aromatic carbocycles. The molecule has 0 aliphatic heterocycles. The molecule has 0 spiro atoms. The van der Waals surface area contributed by atoms with Gasteiger partial charge in [-0.05, 0) is 43.2 Å². The minimum absolute atomic E-state index is 0. The van der Waals surface area contributed by atoms with Crippen molar-refractivity contribution in [2.45, 2.75) is 36.1 Å². The minimum Gasteiger partial charge on any atom is -0.324 e. The Kier molecular flexibility index (Phi) is 6.51. The van der Waals surface area contributed by atoms with Crippen molar-refractivity contribution in [2.75, 3.05) is 16.7 Å². The molecule has 1 aliphatic carbocycles. The highest BCUT2D eigenvalue weighted by atomic mass is 35.5. The molecule has 0 unspecified atom stereocenters. The normalized spacial score (nSPS) is 15.6.